The van der Waals surface area contributed by atoms with Gasteiger partial charge in [0.05, 0.1) is 11.4 Å². The molecule has 0 saturated heterocycles. The van der Waals surface area contributed by atoms with E-state index in [1.54, 1.807) is 0 Å². The summed E-state index contributed by atoms with van der Waals surface area (Å²) in [6.45, 7) is 0. The van der Waals surface area contributed by atoms with Crippen molar-refractivity contribution < 1.29 is 0 Å². The van der Waals surface area contributed by atoms with E-state index < -0.39 is 0 Å². The Hall–Kier alpha value is -8.98. The van der Waals surface area contributed by atoms with Crippen LogP contribution in [0.3, 0.4) is 0 Å². The lowest BCUT2D eigenvalue weighted by molar-refractivity contribution is 0.840. The fourth-order valence-corrected chi connectivity index (χ4v) is 11.6. The SMILES string of the molecule is C1=CC(c2ccccc2)CC=C1N(c1ccc(-c2ccc(N(c3ccc(-c4ccccc4)cc3)c3ccc4c5c(cccc35)-c3ccccc3-4)cc2)cc1)c1ccc2c3c(cccc13)-c1ccccc1-2. The number of hydrogen-bond acceptors (Lipinski definition) is 2. The second-order valence-corrected chi connectivity index (χ2v) is 18.7. The zero-order valence-corrected chi connectivity index (χ0v) is 38.5. The summed E-state index contributed by atoms with van der Waals surface area (Å²) in [5, 5.41) is 5.14. The van der Waals surface area contributed by atoms with Crippen LogP contribution in [0.2, 0.25) is 0 Å². The number of anilines is 5. The Kier molecular flexibility index (Phi) is 9.38. The van der Waals surface area contributed by atoms with Crippen LogP contribution in [0, 0.1) is 0 Å². The molecule has 0 amide bonds. The molecule has 70 heavy (non-hydrogen) atoms. The van der Waals surface area contributed by atoms with E-state index >= 15 is 0 Å². The van der Waals surface area contributed by atoms with Gasteiger partial charge in [-0.2, -0.15) is 0 Å². The lowest BCUT2D eigenvalue weighted by Gasteiger charge is -2.30. The van der Waals surface area contributed by atoms with E-state index in [4.69, 9.17) is 0 Å². The van der Waals surface area contributed by atoms with Crippen LogP contribution in [-0.4, -0.2) is 0 Å². The van der Waals surface area contributed by atoms with Gasteiger partial charge in [0.15, 0.2) is 0 Å². The summed E-state index contributed by atoms with van der Waals surface area (Å²) in [5.41, 5.74) is 23.4. The van der Waals surface area contributed by atoms with Crippen molar-refractivity contribution >= 4 is 50.0 Å². The molecule has 0 aliphatic heterocycles. The fraction of sp³-hybridized carbons (Fsp3) is 0.0294. The Labute approximate surface area is 409 Å². The van der Waals surface area contributed by atoms with Crippen molar-refractivity contribution in [3.05, 3.63) is 272 Å². The smallest absolute Gasteiger partial charge is 0.0540 e. The summed E-state index contributed by atoms with van der Waals surface area (Å²) in [6.07, 6.45) is 8.07. The molecule has 2 nitrogen and oxygen atoms in total. The molecule has 1 unspecified atom stereocenters. The molecular weight excluding hydrogens is 845 g/mol. The second-order valence-electron chi connectivity index (χ2n) is 18.7. The lowest BCUT2D eigenvalue weighted by Crippen LogP contribution is -2.17. The standard InChI is InChI=1S/C68H46N2/c1-3-13-45(14-4-1)47-25-33-51(34-26-47)69(65-43-41-61-57-19-9-7-17-55(57)59-21-11-23-63(65)67(59)61)53-37-29-49(30-38-53)50-31-39-54(40-32-50)70(52-35-27-48(28-36-52)46-15-5-2-6-16-46)66-44-42-62-58-20-10-8-18-56(58)60-22-12-24-64(66)68(60)62/h1-27,29-44,48H,28H2. The van der Waals surface area contributed by atoms with Crippen molar-refractivity contribution in [1.82, 2.24) is 0 Å². The first-order valence-electron chi connectivity index (χ1n) is 24.4. The van der Waals surface area contributed by atoms with Gasteiger partial charge < -0.3 is 9.80 Å². The first-order chi connectivity index (χ1) is 34.7. The van der Waals surface area contributed by atoms with E-state index in [0.29, 0.717) is 5.92 Å². The van der Waals surface area contributed by atoms with Crippen LogP contribution in [0.15, 0.2) is 267 Å². The molecule has 11 aromatic carbocycles. The minimum atomic E-state index is 0.345. The summed E-state index contributed by atoms with van der Waals surface area (Å²) in [5.74, 6) is 0.345. The highest BCUT2D eigenvalue weighted by Gasteiger charge is 2.27. The van der Waals surface area contributed by atoms with Crippen LogP contribution in [0.5, 0.6) is 0 Å². The van der Waals surface area contributed by atoms with Crippen molar-refractivity contribution in [3.8, 4) is 66.8 Å². The molecule has 0 radical (unpaired) electrons. The first kappa shape index (κ1) is 40.1. The van der Waals surface area contributed by atoms with Gasteiger partial charge in [0.1, 0.15) is 0 Å². The number of rotatable bonds is 9. The number of hydrogen-bond donors (Lipinski definition) is 0. The highest BCUT2D eigenvalue weighted by Crippen LogP contribution is 2.53. The van der Waals surface area contributed by atoms with Gasteiger partial charge in [-0.25, -0.2) is 0 Å². The molecule has 0 heterocycles. The molecule has 0 fully saturated rings. The van der Waals surface area contributed by atoms with Crippen LogP contribution in [0.1, 0.15) is 17.9 Å². The molecule has 2 heteroatoms. The largest absolute Gasteiger partial charge is 0.310 e. The number of nitrogens with zero attached hydrogens (tertiary/aromatic N) is 2. The maximum atomic E-state index is 2.47. The molecule has 3 aliphatic carbocycles. The minimum absolute atomic E-state index is 0.345. The third-order valence-electron chi connectivity index (χ3n) is 14.9. The Balaban J connectivity index is 0.840. The zero-order chi connectivity index (χ0) is 46.1. The van der Waals surface area contributed by atoms with E-state index in [2.05, 4.69) is 271 Å². The third-order valence-corrected chi connectivity index (χ3v) is 14.9. The molecule has 0 N–H and O–H groups in total. The fourth-order valence-electron chi connectivity index (χ4n) is 11.6. The molecule has 0 aromatic heterocycles. The average molecular weight is 891 g/mol. The summed E-state index contributed by atoms with van der Waals surface area (Å²) >= 11 is 0. The summed E-state index contributed by atoms with van der Waals surface area (Å²) in [6, 6.07) is 89.3. The van der Waals surface area contributed by atoms with Crippen LogP contribution in [0.25, 0.3) is 88.3 Å². The van der Waals surface area contributed by atoms with Gasteiger partial charge in [0.25, 0.3) is 0 Å². The van der Waals surface area contributed by atoms with Gasteiger partial charge in [-0.1, -0.05) is 206 Å². The molecule has 328 valence electrons. The normalized spacial score (nSPS) is 13.8. The van der Waals surface area contributed by atoms with Gasteiger partial charge in [-0.3, -0.25) is 0 Å². The highest BCUT2D eigenvalue weighted by molar-refractivity contribution is 6.20. The summed E-state index contributed by atoms with van der Waals surface area (Å²) in [4.78, 5) is 4.89. The van der Waals surface area contributed by atoms with Gasteiger partial charge in [-0.15, -0.1) is 0 Å². The van der Waals surface area contributed by atoms with E-state index in [9.17, 15) is 0 Å². The Bertz CT molecular complexity index is 3830. The quantitative estimate of drug-likeness (QED) is 0.142. The maximum Gasteiger partial charge on any atom is 0.0540 e. The van der Waals surface area contributed by atoms with E-state index in [0.717, 1.165) is 29.2 Å². The predicted octanol–water partition coefficient (Wildman–Crippen LogP) is 18.9. The third kappa shape index (κ3) is 6.49. The second kappa shape index (κ2) is 16.4. The van der Waals surface area contributed by atoms with Crippen molar-refractivity contribution in [2.24, 2.45) is 0 Å². The Morgan fingerprint density at radius 2 is 0.686 bits per heavy atom. The number of fused-ring (bicyclic) bond motifs is 6. The van der Waals surface area contributed by atoms with Crippen molar-refractivity contribution in [2.45, 2.75) is 12.3 Å². The van der Waals surface area contributed by atoms with Gasteiger partial charge in [-0.05, 0) is 144 Å². The lowest BCUT2D eigenvalue weighted by atomic mass is 9.91. The molecule has 0 bridgehead atoms. The molecule has 14 rings (SSSR count). The number of allylic oxidation sites excluding steroid dienone is 3. The van der Waals surface area contributed by atoms with E-state index in [-0.39, 0.29) is 0 Å². The molecule has 0 saturated carbocycles. The average Bonchev–Trinajstić information content (AvgIpc) is 3.95. The van der Waals surface area contributed by atoms with E-state index in [1.165, 1.54) is 105 Å². The van der Waals surface area contributed by atoms with E-state index in [1.807, 2.05) is 0 Å². The van der Waals surface area contributed by atoms with Gasteiger partial charge >= 0.3 is 0 Å². The minimum Gasteiger partial charge on any atom is -0.310 e. The molecule has 11 aromatic rings. The van der Waals surface area contributed by atoms with Crippen LogP contribution in [0.4, 0.5) is 28.4 Å². The van der Waals surface area contributed by atoms with Crippen molar-refractivity contribution in [3.63, 3.8) is 0 Å². The van der Waals surface area contributed by atoms with Crippen LogP contribution < -0.4 is 9.80 Å². The topological polar surface area (TPSA) is 6.48 Å². The predicted molar refractivity (Wildman–Crippen MR) is 295 cm³/mol. The molecule has 1 atom stereocenters. The Morgan fingerprint density at radius 3 is 1.14 bits per heavy atom. The monoisotopic (exact) mass is 890 g/mol. The van der Waals surface area contributed by atoms with Crippen molar-refractivity contribution in [2.75, 3.05) is 9.80 Å². The Morgan fingerprint density at radius 1 is 0.300 bits per heavy atom. The van der Waals surface area contributed by atoms with Gasteiger partial charge in [0.2, 0.25) is 0 Å². The zero-order valence-electron chi connectivity index (χ0n) is 38.5. The maximum absolute atomic E-state index is 2.47. The van der Waals surface area contributed by atoms with Crippen LogP contribution in [-0.2, 0) is 0 Å². The summed E-state index contributed by atoms with van der Waals surface area (Å²) < 4.78 is 0. The summed E-state index contributed by atoms with van der Waals surface area (Å²) in [7, 11) is 0. The first-order valence-corrected chi connectivity index (χ1v) is 24.4. The van der Waals surface area contributed by atoms with Crippen molar-refractivity contribution in [1.29, 1.82) is 0 Å². The highest BCUT2D eigenvalue weighted by atomic mass is 15.2. The van der Waals surface area contributed by atoms with Gasteiger partial charge in [0, 0.05) is 39.4 Å². The molecular formula is C68H46N2. The molecule has 0 spiro atoms. The molecule has 3 aliphatic rings. The number of benzene rings is 11. The van der Waals surface area contributed by atoms with Crippen LogP contribution >= 0.6 is 0 Å².